The van der Waals surface area contributed by atoms with E-state index >= 15 is 0 Å². The first-order valence-corrected chi connectivity index (χ1v) is 8.81. The van der Waals surface area contributed by atoms with E-state index in [9.17, 15) is 18.0 Å². The van der Waals surface area contributed by atoms with E-state index in [-0.39, 0.29) is 11.8 Å². The number of rotatable bonds is 9. The number of nitrogens with zero attached hydrogens (tertiary/aromatic N) is 3. The van der Waals surface area contributed by atoms with Crippen molar-refractivity contribution in [1.82, 2.24) is 14.7 Å². The molecule has 0 aromatic carbocycles. The summed E-state index contributed by atoms with van der Waals surface area (Å²) in [6.07, 6.45) is -2.25. The average molecular weight is 351 g/mol. The highest BCUT2D eigenvalue weighted by Gasteiger charge is 2.39. The van der Waals surface area contributed by atoms with Crippen LogP contribution in [0.5, 0.6) is 0 Å². The summed E-state index contributed by atoms with van der Waals surface area (Å²) >= 11 is 0. The van der Waals surface area contributed by atoms with Gasteiger partial charge in [-0.3, -0.25) is 9.69 Å². The highest BCUT2D eigenvalue weighted by atomic mass is 19.4. The van der Waals surface area contributed by atoms with Crippen LogP contribution in [0, 0.1) is 5.92 Å². The molecule has 1 amide bonds. The van der Waals surface area contributed by atoms with Crippen molar-refractivity contribution in [2.45, 2.75) is 58.3 Å². The third kappa shape index (κ3) is 6.24. The molecule has 7 heteroatoms. The fourth-order valence-corrected chi connectivity index (χ4v) is 3.12. The summed E-state index contributed by atoms with van der Waals surface area (Å²) in [5, 5.41) is 0. The van der Waals surface area contributed by atoms with E-state index < -0.39 is 12.2 Å². The van der Waals surface area contributed by atoms with Gasteiger partial charge in [0.1, 0.15) is 6.04 Å². The van der Waals surface area contributed by atoms with Gasteiger partial charge in [-0.2, -0.15) is 13.2 Å². The fraction of sp³-hybridized carbons (Fsp3) is 0.941. The third-order valence-corrected chi connectivity index (χ3v) is 4.86. The Kier molecular flexibility index (Phi) is 7.99. The summed E-state index contributed by atoms with van der Waals surface area (Å²) < 4.78 is 38.1. The van der Waals surface area contributed by atoms with Gasteiger partial charge in [0.25, 0.3) is 0 Å². The molecule has 0 N–H and O–H groups in total. The molecule has 2 unspecified atom stereocenters. The van der Waals surface area contributed by atoms with Crippen molar-refractivity contribution in [3.8, 4) is 0 Å². The van der Waals surface area contributed by atoms with Crippen molar-refractivity contribution in [2.75, 3.05) is 40.3 Å². The lowest BCUT2D eigenvalue weighted by atomic mass is 10.0. The second kappa shape index (κ2) is 9.04. The van der Waals surface area contributed by atoms with Gasteiger partial charge in [0.2, 0.25) is 5.91 Å². The maximum atomic E-state index is 12.7. The highest BCUT2D eigenvalue weighted by Crippen LogP contribution is 2.24. The van der Waals surface area contributed by atoms with Gasteiger partial charge in [0, 0.05) is 32.6 Å². The van der Waals surface area contributed by atoms with Gasteiger partial charge in [-0.1, -0.05) is 13.8 Å². The second-order valence-electron chi connectivity index (χ2n) is 7.26. The van der Waals surface area contributed by atoms with Gasteiger partial charge >= 0.3 is 6.18 Å². The molecular weight excluding hydrogens is 319 g/mol. The van der Waals surface area contributed by atoms with Gasteiger partial charge in [0.15, 0.2) is 0 Å². The van der Waals surface area contributed by atoms with E-state index in [0.29, 0.717) is 25.4 Å². The second-order valence-corrected chi connectivity index (χ2v) is 7.26. The molecule has 1 aliphatic rings. The molecule has 0 saturated carbocycles. The lowest BCUT2D eigenvalue weighted by molar-refractivity contribution is -0.176. The molecule has 4 nitrogen and oxygen atoms in total. The molecule has 0 bridgehead atoms. The van der Waals surface area contributed by atoms with Crippen LogP contribution >= 0.6 is 0 Å². The molecule has 0 spiro atoms. The Morgan fingerprint density at radius 3 is 2.33 bits per heavy atom. The lowest BCUT2D eigenvalue weighted by Crippen LogP contribution is -2.59. The van der Waals surface area contributed by atoms with Gasteiger partial charge in [-0.15, -0.1) is 0 Å². The van der Waals surface area contributed by atoms with E-state index in [1.807, 2.05) is 18.9 Å². The maximum Gasteiger partial charge on any atom is 0.403 e. The minimum atomic E-state index is -4.21. The molecule has 1 rings (SSSR count). The molecule has 142 valence electrons. The molecule has 0 aromatic rings. The largest absolute Gasteiger partial charge is 0.403 e. The number of halogens is 3. The molecule has 1 heterocycles. The number of likely N-dealkylation sites (N-methyl/N-ethyl adjacent to an activating group) is 1. The van der Waals surface area contributed by atoms with E-state index in [1.54, 1.807) is 0 Å². The van der Waals surface area contributed by atoms with Crippen LogP contribution in [-0.4, -0.2) is 79.1 Å². The minimum Gasteiger partial charge on any atom is -0.337 e. The van der Waals surface area contributed by atoms with Gasteiger partial charge in [0.05, 0.1) is 6.04 Å². The number of amides is 1. The SMILES string of the molecule is CCCN(C(=O)CCC(C)CN(C)C(C)C(F)(F)F)C1CN(C)C1. The van der Waals surface area contributed by atoms with Gasteiger partial charge < -0.3 is 9.80 Å². The number of carbonyl (C=O) groups is 1. The fourth-order valence-electron chi connectivity index (χ4n) is 3.12. The molecule has 1 aliphatic heterocycles. The van der Waals surface area contributed by atoms with Crippen molar-refractivity contribution < 1.29 is 18.0 Å². The lowest BCUT2D eigenvalue weighted by Gasteiger charge is -2.43. The number of likely N-dealkylation sites (tertiary alicyclic amines) is 1. The van der Waals surface area contributed by atoms with Crippen molar-refractivity contribution in [2.24, 2.45) is 5.92 Å². The zero-order valence-electron chi connectivity index (χ0n) is 15.6. The zero-order chi connectivity index (χ0) is 18.5. The first-order valence-electron chi connectivity index (χ1n) is 8.81. The van der Waals surface area contributed by atoms with Crippen LogP contribution in [0.15, 0.2) is 0 Å². The normalized spacial score (nSPS) is 19.2. The van der Waals surface area contributed by atoms with Crippen LogP contribution in [-0.2, 0) is 4.79 Å². The molecule has 24 heavy (non-hydrogen) atoms. The van der Waals surface area contributed by atoms with Crippen LogP contribution in [0.2, 0.25) is 0 Å². The number of hydrogen-bond donors (Lipinski definition) is 0. The molecule has 0 radical (unpaired) electrons. The molecule has 1 fully saturated rings. The summed E-state index contributed by atoms with van der Waals surface area (Å²) in [4.78, 5) is 17.9. The Hall–Kier alpha value is -0.820. The van der Waals surface area contributed by atoms with E-state index in [2.05, 4.69) is 11.8 Å². The van der Waals surface area contributed by atoms with Gasteiger partial charge in [-0.25, -0.2) is 0 Å². The van der Waals surface area contributed by atoms with Crippen molar-refractivity contribution in [3.63, 3.8) is 0 Å². The molecule has 2 atom stereocenters. The Morgan fingerprint density at radius 1 is 1.29 bits per heavy atom. The first kappa shape index (κ1) is 21.2. The predicted molar refractivity (Wildman–Crippen MR) is 89.8 cm³/mol. The highest BCUT2D eigenvalue weighted by molar-refractivity contribution is 5.76. The molecule has 1 saturated heterocycles. The van der Waals surface area contributed by atoms with Crippen LogP contribution in [0.25, 0.3) is 0 Å². The Bertz CT molecular complexity index is 397. The molecule has 0 aromatic heterocycles. The minimum absolute atomic E-state index is 0.0521. The zero-order valence-corrected chi connectivity index (χ0v) is 15.6. The summed E-state index contributed by atoms with van der Waals surface area (Å²) in [6.45, 7) is 8.06. The number of alkyl halides is 3. The predicted octanol–water partition coefficient (Wildman–Crippen LogP) is 2.84. The summed E-state index contributed by atoms with van der Waals surface area (Å²) in [5.74, 6) is 0.185. The Labute approximate surface area is 144 Å². The quantitative estimate of drug-likeness (QED) is 0.639. The summed E-state index contributed by atoms with van der Waals surface area (Å²) in [7, 11) is 3.52. The van der Waals surface area contributed by atoms with Crippen molar-refractivity contribution in [1.29, 1.82) is 0 Å². The van der Waals surface area contributed by atoms with Crippen molar-refractivity contribution >= 4 is 5.91 Å². The Morgan fingerprint density at radius 2 is 1.88 bits per heavy atom. The van der Waals surface area contributed by atoms with Gasteiger partial charge in [-0.05, 0) is 39.8 Å². The van der Waals surface area contributed by atoms with Crippen LogP contribution in [0.3, 0.4) is 0 Å². The summed E-state index contributed by atoms with van der Waals surface area (Å²) in [6, 6.07) is -1.16. The smallest absolute Gasteiger partial charge is 0.337 e. The number of carbonyl (C=O) groups excluding carboxylic acids is 1. The van der Waals surface area contributed by atoms with Crippen LogP contribution in [0.4, 0.5) is 13.2 Å². The monoisotopic (exact) mass is 351 g/mol. The van der Waals surface area contributed by atoms with Crippen molar-refractivity contribution in [3.05, 3.63) is 0 Å². The standard InChI is InChI=1S/C17H32F3N3O/c1-6-9-23(15-11-21(4)12-15)16(24)8-7-13(2)10-22(5)14(3)17(18,19)20/h13-15H,6-12H2,1-5H3. The van der Waals surface area contributed by atoms with E-state index in [0.717, 1.165) is 26.1 Å². The Balaban J connectivity index is 2.41. The molecular formula is C17H32F3N3O. The third-order valence-electron chi connectivity index (χ3n) is 4.86. The topological polar surface area (TPSA) is 26.8 Å². The summed E-state index contributed by atoms with van der Waals surface area (Å²) in [5.41, 5.74) is 0. The molecule has 0 aliphatic carbocycles. The maximum absolute atomic E-state index is 12.7. The average Bonchev–Trinajstić information content (AvgIpc) is 2.45. The van der Waals surface area contributed by atoms with Crippen LogP contribution in [0.1, 0.15) is 40.0 Å². The number of hydrogen-bond acceptors (Lipinski definition) is 3. The first-order chi connectivity index (χ1) is 11.1. The van der Waals surface area contributed by atoms with Crippen LogP contribution < -0.4 is 0 Å². The van der Waals surface area contributed by atoms with E-state index in [4.69, 9.17) is 0 Å². The van der Waals surface area contributed by atoms with E-state index in [1.165, 1.54) is 18.9 Å².